The Morgan fingerprint density at radius 2 is 2.06 bits per heavy atom. The molecule has 2 aliphatic rings. The third kappa shape index (κ3) is 2.52. The number of likely N-dealkylation sites (tertiary alicyclic amines) is 1. The molecule has 0 saturated carbocycles. The number of likely N-dealkylation sites (N-methyl/N-ethyl adjacent to an activating group) is 1. The average Bonchev–Trinajstić information content (AvgIpc) is 2.29. The van der Waals surface area contributed by atoms with Crippen molar-refractivity contribution >= 4 is 12.0 Å². The minimum atomic E-state index is -0.915. The van der Waals surface area contributed by atoms with Crippen LogP contribution < -0.4 is 0 Å². The smallest absolute Gasteiger partial charge is 0.408 e. The maximum atomic E-state index is 11.9. The van der Waals surface area contributed by atoms with Gasteiger partial charge < -0.3 is 10.0 Å². The molecule has 0 aromatic rings. The van der Waals surface area contributed by atoms with Crippen LogP contribution in [0.3, 0.4) is 0 Å². The highest BCUT2D eigenvalue weighted by Crippen LogP contribution is 2.21. The van der Waals surface area contributed by atoms with Gasteiger partial charge in [-0.2, -0.15) is 0 Å². The number of nitrogens with zero attached hydrogens (tertiary/aromatic N) is 3. The van der Waals surface area contributed by atoms with Crippen LogP contribution in [-0.4, -0.2) is 71.2 Å². The van der Waals surface area contributed by atoms with Crippen LogP contribution in [-0.2, 0) is 4.79 Å². The van der Waals surface area contributed by atoms with E-state index in [1.807, 2.05) is 11.9 Å². The molecule has 6 nitrogen and oxygen atoms in total. The van der Waals surface area contributed by atoms with Crippen molar-refractivity contribution in [3.63, 3.8) is 0 Å². The van der Waals surface area contributed by atoms with E-state index in [0.717, 1.165) is 25.8 Å². The lowest BCUT2D eigenvalue weighted by molar-refractivity contribution is -0.143. The third-order valence-corrected chi connectivity index (χ3v) is 3.52. The summed E-state index contributed by atoms with van der Waals surface area (Å²) >= 11 is 0. The summed E-state index contributed by atoms with van der Waals surface area (Å²) in [6.07, 6.45) is 1.49. The van der Waals surface area contributed by atoms with Crippen molar-refractivity contribution in [2.24, 2.45) is 0 Å². The molecule has 1 atom stereocenters. The molecule has 6 heteroatoms. The lowest BCUT2D eigenvalue weighted by atomic mass is 10.1. The van der Waals surface area contributed by atoms with E-state index >= 15 is 0 Å². The van der Waals surface area contributed by atoms with Crippen LogP contribution >= 0.6 is 0 Å². The van der Waals surface area contributed by atoms with Crippen LogP contribution in [0.25, 0.3) is 0 Å². The van der Waals surface area contributed by atoms with E-state index in [9.17, 15) is 9.59 Å². The summed E-state index contributed by atoms with van der Waals surface area (Å²) in [6.45, 7) is 2.38. The van der Waals surface area contributed by atoms with Crippen molar-refractivity contribution in [3.05, 3.63) is 0 Å². The monoisotopic (exact) mass is 241 g/mol. The fourth-order valence-corrected chi connectivity index (χ4v) is 2.58. The fraction of sp³-hybridized carbons (Fsp3) is 0.818. The van der Waals surface area contributed by atoms with Crippen LogP contribution in [0.2, 0.25) is 0 Å². The van der Waals surface area contributed by atoms with Gasteiger partial charge >= 0.3 is 6.09 Å². The molecule has 2 amide bonds. The highest BCUT2D eigenvalue weighted by Gasteiger charge is 2.35. The Labute approximate surface area is 101 Å². The van der Waals surface area contributed by atoms with Gasteiger partial charge in [-0.15, -0.1) is 0 Å². The molecule has 0 aromatic carbocycles. The van der Waals surface area contributed by atoms with Crippen LogP contribution in [0.5, 0.6) is 0 Å². The van der Waals surface area contributed by atoms with Gasteiger partial charge in [0, 0.05) is 19.6 Å². The van der Waals surface area contributed by atoms with Gasteiger partial charge in [0.2, 0.25) is 5.91 Å². The first-order chi connectivity index (χ1) is 8.09. The Morgan fingerprint density at radius 3 is 2.71 bits per heavy atom. The van der Waals surface area contributed by atoms with E-state index < -0.39 is 6.09 Å². The quantitative estimate of drug-likeness (QED) is 0.714. The van der Waals surface area contributed by atoms with Gasteiger partial charge in [-0.25, -0.2) is 4.79 Å². The van der Waals surface area contributed by atoms with Gasteiger partial charge in [0.25, 0.3) is 0 Å². The minimum absolute atomic E-state index is 0.0388. The summed E-state index contributed by atoms with van der Waals surface area (Å²) in [5, 5.41) is 9.16. The van der Waals surface area contributed by atoms with Gasteiger partial charge in [-0.3, -0.25) is 14.6 Å². The van der Waals surface area contributed by atoms with Crippen molar-refractivity contribution in [1.29, 1.82) is 0 Å². The number of carboxylic acid groups (broad SMARTS) is 1. The van der Waals surface area contributed by atoms with Crippen molar-refractivity contribution in [1.82, 2.24) is 14.7 Å². The molecule has 2 aliphatic heterocycles. The lowest BCUT2D eigenvalue weighted by Crippen LogP contribution is -2.60. The summed E-state index contributed by atoms with van der Waals surface area (Å²) < 4.78 is 0. The Kier molecular flexibility index (Phi) is 3.51. The van der Waals surface area contributed by atoms with Crippen molar-refractivity contribution in [2.45, 2.75) is 25.4 Å². The summed E-state index contributed by atoms with van der Waals surface area (Å²) in [5.74, 6) is 0.0388. The highest BCUT2D eigenvalue weighted by molar-refractivity contribution is 5.80. The Hall–Kier alpha value is -1.30. The Morgan fingerprint density at radius 1 is 1.29 bits per heavy atom. The first-order valence-corrected chi connectivity index (χ1v) is 6.07. The average molecular weight is 241 g/mol. The Balaban J connectivity index is 2.08. The van der Waals surface area contributed by atoms with Gasteiger partial charge in [0.1, 0.15) is 6.17 Å². The van der Waals surface area contributed by atoms with Gasteiger partial charge in [0.05, 0.1) is 6.54 Å². The fourth-order valence-electron chi connectivity index (χ4n) is 2.58. The summed E-state index contributed by atoms with van der Waals surface area (Å²) in [4.78, 5) is 28.2. The SMILES string of the molecule is CN1CCN([C@@H]2CCCCN2C(=O)O)C(=O)C1. The number of rotatable bonds is 1. The molecule has 17 heavy (non-hydrogen) atoms. The standard InChI is InChI=1S/C11H19N3O3/c1-12-6-7-13(10(15)8-12)9-4-2-3-5-14(9)11(16)17/h9H,2-8H2,1H3,(H,16,17)/t9-/m0/s1. The molecule has 2 rings (SSSR count). The van der Waals surface area contributed by atoms with E-state index in [1.165, 1.54) is 4.90 Å². The summed E-state index contributed by atoms with van der Waals surface area (Å²) in [5.41, 5.74) is 0. The van der Waals surface area contributed by atoms with Crippen LogP contribution in [0.4, 0.5) is 4.79 Å². The zero-order chi connectivity index (χ0) is 12.4. The predicted molar refractivity (Wildman–Crippen MR) is 61.6 cm³/mol. The first-order valence-electron chi connectivity index (χ1n) is 6.07. The zero-order valence-corrected chi connectivity index (χ0v) is 10.1. The van der Waals surface area contributed by atoms with Gasteiger partial charge in [0.15, 0.2) is 0 Å². The Bertz CT molecular complexity index is 321. The molecule has 2 saturated heterocycles. The van der Waals surface area contributed by atoms with E-state index in [4.69, 9.17) is 5.11 Å². The normalized spacial score (nSPS) is 27.4. The van der Waals surface area contributed by atoms with Crippen molar-refractivity contribution in [2.75, 3.05) is 33.2 Å². The first kappa shape index (κ1) is 12.2. The molecule has 0 bridgehead atoms. The molecule has 0 unspecified atom stereocenters. The molecule has 0 spiro atoms. The summed E-state index contributed by atoms with van der Waals surface area (Å²) in [7, 11) is 1.91. The molecule has 0 aliphatic carbocycles. The van der Waals surface area contributed by atoms with Crippen molar-refractivity contribution < 1.29 is 14.7 Å². The van der Waals surface area contributed by atoms with E-state index in [1.54, 1.807) is 4.90 Å². The maximum absolute atomic E-state index is 11.9. The van der Waals surface area contributed by atoms with E-state index in [-0.39, 0.29) is 12.1 Å². The molecule has 2 fully saturated rings. The van der Waals surface area contributed by atoms with E-state index in [2.05, 4.69) is 0 Å². The molecule has 2 heterocycles. The van der Waals surface area contributed by atoms with Crippen LogP contribution in [0, 0.1) is 0 Å². The lowest BCUT2D eigenvalue weighted by Gasteiger charge is -2.44. The second-order valence-corrected chi connectivity index (χ2v) is 4.78. The van der Waals surface area contributed by atoms with Gasteiger partial charge in [-0.1, -0.05) is 0 Å². The topological polar surface area (TPSA) is 64.1 Å². The number of piperazine rings is 1. The van der Waals surface area contributed by atoms with Crippen LogP contribution in [0.1, 0.15) is 19.3 Å². The molecular weight excluding hydrogens is 222 g/mol. The third-order valence-electron chi connectivity index (χ3n) is 3.52. The number of amides is 2. The number of hydrogen-bond acceptors (Lipinski definition) is 3. The largest absolute Gasteiger partial charge is 0.465 e. The molecule has 96 valence electrons. The number of piperidine rings is 1. The summed E-state index contributed by atoms with van der Waals surface area (Å²) in [6, 6.07) is 0. The van der Waals surface area contributed by atoms with Crippen molar-refractivity contribution in [3.8, 4) is 0 Å². The second-order valence-electron chi connectivity index (χ2n) is 4.78. The van der Waals surface area contributed by atoms with Gasteiger partial charge in [-0.05, 0) is 26.3 Å². The number of carbonyl (C=O) groups excluding carboxylic acids is 1. The number of carbonyl (C=O) groups is 2. The maximum Gasteiger partial charge on any atom is 0.408 e. The molecular formula is C11H19N3O3. The van der Waals surface area contributed by atoms with Crippen LogP contribution in [0.15, 0.2) is 0 Å². The molecule has 0 radical (unpaired) electrons. The number of hydrogen-bond donors (Lipinski definition) is 1. The van der Waals surface area contributed by atoms with E-state index in [0.29, 0.717) is 19.6 Å². The predicted octanol–water partition coefficient (Wildman–Crippen LogP) is 0.250. The highest BCUT2D eigenvalue weighted by atomic mass is 16.4. The zero-order valence-electron chi connectivity index (χ0n) is 10.1. The molecule has 0 aromatic heterocycles. The minimum Gasteiger partial charge on any atom is -0.465 e. The molecule has 1 N–H and O–H groups in total. The second kappa shape index (κ2) is 4.91.